The Morgan fingerprint density at radius 1 is 1.07 bits per heavy atom. The molecule has 1 aliphatic heterocycles. The lowest BCUT2D eigenvalue weighted by molar-refractivity contribution is -0.145. The first-order chi connectivity index (χ1) is 13.3. The van der Waals surface area contributed by atoms with E-state index in [1.54, 1.807) is 6.20 Å². The van der Waals surface area contributed by atoms with Crippen molar-refractivity contribution in [2.45, 2.75) is 25.7 Å². The molecule has 0 saturated carbocycles. The molecule has 1 aromatic carbocycles. The fourth-order valence-corrected chi connectivity index (χ4v) is 3.27. The summed E-state index contributed by atoms with van der Waals surface area (Å²) in [6, 6.07) is 3.20. The highest BCUT2D eigenvalue weighted by molar-refractivity contribution is 5.62. The number of alkyl halides is 3. The van der Waals surface area contributed by atoms with Crippen LogP contribution in [0.15, 0.2) is 30.6 Å². The maximum absolute atomic E-state index is 13.5. The van der Waals surface area contributed by atoms with Crippen LogP contribution in [0.3, 0.4) is 0 Å². The zero-order valence-electron chi connectivity index (χ0n) is 14.4. The summed E-state index contributed by atoms with van der Waals surface area (Å²) in [5, 5.41) is 6.71. The number of hydrogen-bond donors (Lipinski definition) is 1. The Labute approximate surface area is 156 Å². The molecule has 3 heterocycles. The van der Waals surface area contributed by atoms with Crippen molar-refractivity contribution in [3.8, 4) is 11.3 Å². The van der Waals surface area contributed by atoms with Crippen LogP contribution in [0.1, 0.15) is 22.6 Å². The number of fused-ring (bicyclic) bond motifs is 1. The third-order valence-corrected chi connectivity index (χ3v) is 4.53. The molecule has 146 valence electrons. The summed E-state index contributed by atoms with van der Waals surface area (Å²) in [6.45, 7) is 1.27. The highest BCUT2D eigenvalue weighted by Crippen LogP contribution is 2.29. The largest absolute Gasteiger partial charge is 0.451 e. The summed E-state index contributed by atoms with van der Waals surface area (Å²) in [6.07, 6.45) is -1.45. The van der Waals surface area contributed by atoms with Gasteiger partial charge in [0.05, 0.1) is 17.6 Å². The van der Waals surface area contributed by atoms with E-state index in [-0.39, 0.29) is 0 Å². The number of hydrogen-bond acceptors (Lipinski definition) is 4. The Hall–Kier alpha value is -2.88. The topological polar surface area (TPSA) is 57.7 Å². The third kappa shape index (κ3) is 3.72. The first-order valence-corrected chi connectivity index (χ1v) is 8.42. The molecular formula is C18H14F5N5. The predicted molar refractivity (Wildman–Crippen MR) is 88.8 cm³/mol. The maximum Gasteiger partial charge on any atom is 0.451 e. The summed E-state index contributed by atoms with van der Waals surface area (Å²) in [7, 11) is 0. The van der Waals surface area contributed by atoms with Crippen LogP contribution in [0.4, 0.5) is 22.0 Å². The molecule has 0 amide bonds. The van der Waals surface area contributed by atoms with Crippen molar-refractivity contribution < 1.29 is 22.0 Å². The van der Waals surface area contributed by atoms with E-state index >= 15 is 0 Å². The predicted octanol–water partition coefficient (Wildman–Crippen LogP) is 3.72. The second-order valence-electron chi connectivity index (χ2n) is 6.55. The summed E-state index contributed by atoms with van der Waals surface area (Å²) >= 11 is 0. The van der Waals surface area contributed by atoms with E-state index in [1.165, 1.54) is 18.3 Å². The lowest BCUT2D eigenvalue weighted by atomic mass is 10.0. The first kappa shape index (κ1) is 18.5. The summed E-state index contributed by atoms with van der Waals surface area (Å²) in [5.41, 5.74) is 2.56. The lowest BCUT2D eigenvalue weighted by Crippen LogP contribution is -2.31. The molecule has 4 rings (SSSR count). The van der Waals surface area contributed by atoms with Crippen molar-refractivity contribution >= 4 is 0 Å². The van der Waals surface area contributed by atoms with Gasteiger partial charge in [-0.15, -0.1) is 0 Å². The van der Waals surface area contributed by atoms with Gasteiger partial charge in [0.25, 0.3) is 0 Å². The quantitative estimate of drug-likeness (QED) is 0.687. The molecule has 0 fully saturated rings. The zero-order valence-corrected chi connectivity index (χ0v) is 14.4. The molecule has 0 saturated heterocycles. The third-order valence-electron chi connectivity index (χ3n) is 4.53. The van der Waals surface area contributed by atoms with Gasteiger partial charge in [-0.3, -0.25) is 10.00 Å². The Balaban J connectivity index is 1.54. The number of halogens is 5. The van der Waals surface area contributed by atoms with Crippen molar-refractivity contribution in [1.29, 1.82) is 0 Å². The van der Waals surface area contributed by atoms with Crippen molar-refractivity contribution in [2.24, 2.45) is 0 Å². The molecular weight excluding hydrogens is 381 g/mol. The number of nitrogens with zero attached hydrogens (tertiary/aromatic N) is 4. The van der Waals surface area contributed by atoms with E-state index in [4.69, 9.17) is 0 Å². The van der Waals surface area contributed by atoms with Gasteiger partial charge in [-0.1, -0.05) is 0 Å². The number of aromatic amines is 1. The Kier molecular flexibility index (Phi) is 4.58. The van der Waals surface area contributed by atoms with Crippen LogP contribution < -0.4 is 0 Å². The van der Waals surface area contributed by atoms with Gasteiger partial charge in [0, 0.05) is 55.0 Å². The number of aromatic nitrogens is 4. The van der Waals surface area contributed by atoms with Gasteiger partial charge >= 0.3 is 6.18 Å². The van der Waals surface area contributed by atoms with Gasteiger partial charge in [-0.25, -0.2) is 18.7 Å². The van der Waals surface area contributed by atoms with E-state index in [2.05, 4.69) is 20.2 Å². The minimum atomic E-state index is -4.57. The lowest BCUT2D eigenvalue weighted by Gasteiger charge is -2.28. The number of nitrogens with one attached hydrogen (secondary N) is 1. The normalized spacial score (nSPS) is 14.9. The highest BCUT2D eigenvalue weighted by atomic mass is 19.4. The summed E-state index contributed by atoms with van der Waals surface area (Å²) in [4.78, 5) is 9.04. The molecule has 0 aliphatic carbocycles. The molecule has 0 atom stereocenters. The second kappa shape index (κ2) is 6.93. The van der Waals surface area contributed by atoms with Crippen molar-refractivity contribution in [3.63, 3.8) is 0 Å². The average molecular weight is 395 g/mol. The van der Waals surface area contributed by atoms with E-state index in [9.17, 15) is 22.0 Å². The molecule has 1 N–H and O–H groups in total. The van der Waals surface area contributed by atoms with Crippen LogP contribution in [0, 0.1) is 11.6 Å². The summed E-state index contributed by atoms with van der Waals surface area (Å²) in [5.74, 6) is -2.52. The van der Waals surface area contributed by atoms with Crippen LogP contribution in [0.2, 0.25) is 0 Å². The SMILES string of the molecule is Fc1cc(F)cc(-c2[nH]ncc2CN2CCc3nc(C(F)(F)F)ncc3C2)c1. The minimum absolute atomic E-state index is 0.334. The fraction of sp³-hybridized carbons (Fsp3) is 0.278. The molecule has 0 unspecified atom stereocenters. The van der Waals surface area contributed by atoms with Gasteiger partial charge < -0.3 is 0 Å². The van der Waals surface area contributed by atoms with Crippen molar-refractivity contribution in [1.82, 2.24) is 25.1 Å². The summed E-state index contributed by atoms with van der Waals surface area (Å²) < 4.78 is 65.3. The Morgan fingerprint density at radius 2 is 1.82 bits per heavy atom. The molecule has 0 spiro atoms. The molecule has 1 aliphatic rings. The number of benzene rings is 1. The average Bonchev–Trinajstić information content (AvgIpc) is 3.08. The number of H-pyrrole nitrogens is 1. The molecule has 2 aromatic heterocycles. The van der Waals surface area contributed by atoms with Gasteiger partial charge in [-0.2, -0.15) is 18.3 Å². The number of rotatable bonds is 3. The molecule has 5 nitrogen and oxygen atoms in total. The Morgan fingerprint density at radius 3 is 2.54 bits per heavy atom. The van der Waals surface area contributed by atoms with Gasteiger partial charge in [0.2, 0.25) is 5.82 Å². The fourth-order valence-electron chi connectivity index (χ4n) is 3.27. The van der Waals surface area contributed by atoms with Gasteiger partial charge in [-0.05, 0) is 12.1 Å². The van der Waals surface area contributed by atoms with Crippen LogP contribution in [0.5, 0.6) is 0 Å². The van der Waals surface area contributed by atoms with Crippen molar-refractivity contribution in [2.75, 3.05) is 6.54 Å². The van der Waals surface area contributed by atoms with Gasteiger partial charge in [0.1, 0.15) is 11.6 Å². The Bertz CT molecular complexity index is 994. The molecule has 28 heavy (non-hydrogen) atoms. The first-order valence-electron chi connectivity index (χ1n) is 8.42. The van der Waals surface area contributed by atoms with E-state index in [0.717, 1.165) is 11.6 Å². The molecule has 3 aromatic rings. The zero-order chi connectivity index (χ0) is 19.9. The van der Waals surface area contributed by atoms with E-state index < -0.39 is 23.6 Å². The minimum Gasteiger partial charge on any atom is -0.294 e. The van der Waals surface area contributed by atoms with Crippen LogP contribution in [-0.4, -0.2) is 31.6 Å². The highest BCUT2D eigenvalue weighted by Gasteiger charge is 2.35. The molecule has 0 bridgehead atoms. The van der Waals surface area contributed by atoms with Gasteiger partial charge in [0.15, 0.2) is 0 Å². The monoisotopic (exact) mass is 395 g/mol. The van der Waals surface area contributed by atoms with Crippen LogP contribution in [-0.2, 0) is 25.7 Å². The van der Waals surface area contributed by atoms with Crippen LogP contribution >= 0.6 is 0 Å². The van der Waals surface area contributed by atoms with Crippen LogP contribution in [0.25, 0.3) is 11.3 Å². The molecule has 10 heteroatoms. The van der Waals surface area contributed by atoms with E-state index in [0.29, 0.717) is 48.6 Å². The van der Waals surface area contributed by atoms with E-state index in [1.807, 2.05) is 4.90 Å². The smallest absolute Gasteiger partial charge is 0.294 e. The molecule has 0 radical (unpaired) electrons. The standard InChI is InChI=1S/C18H14F5N5/c19-13-3-10(4-14(20)5-13)16-12(7-25-27-16)9-28-2-1-15-11(8-28)6-24-17(26-15)18(21,22)23/h3-7H,1-2,8-9H2,(H,25,27). The second-order valence-corrected chi connectivity index (χ2v) is 6.55. The maximum atomic E-state index is 13.5. The van der Waals surface area contributed by atoms with Crippen molar-refractivity contribution in [3.05, 3.63) is 64.9 Å².